The lowest BCUT2D eigenvalue weighted by Crippen LogP contribution is -2.30. The first kappa shape index (κ1) is 13.8. The monoisotopic (exact) mass is 280 g/mol. The molecule has 0 saturated carbocycles. The molecule has 1 aromatic heterocycles. The van der Waals surface area contributed by atoms with Gasteiger partial charge in [0, 0.05) is 12.7 Å². The van der Waals surface area contributed by atoms with Crippen LogP contribution in [0.4, 0.5) is 0 Å². The molecule has 0 spiro atoms. The molecule has 4 nitrogen and oxygen atoms in total. The molecule has 0 aliphatic rings. The molecule has 3 rings (SSSR count). The van der Waals surface area contributed by atoms with Crippen molar-refractivity contribution in [1.29, 1.82) is 0 Å². The van der Waals surface area contributed by atoms with Gasteiger partial charge in [-0.3, -0.25) is 10.5 Å². The Morgan fingerprint density at radius 1 is 1.14 bits per heavy atom. The Hall–Kier alpha value is -2.17. The standard InChI is InChI=1S/C17H20N4/c1-2-11-21-16(9-10-19-21)17(20-18)15-8-7-13-5-3-4-6-14(13)12-15/h3-10,12,17,20H,2,11,18H2,1H3. The average Bonchev–Trinajstić information content (AvgIpc) is 2.97. The van der Waals surface area contributed by atoms with E-state index in [0.717, 1.165) is 24.2 Å². The minimum atomic E-state index is -0.0522. The van der Waals surface area contributed by atoms with Gasteiger partial charge in [0.1, 0.15) is 0 Å². The van der Waals surface area contributed by atoms with E-state index in [1.165, 1.54) is 10.8 Å². The van der Waals surface area contributed by atoms with Gasteiger partial charge in [-0.15, -0.1) is 0 Å². The van der Waals surface area contributed by atoms with E-state index in [0.29, 0.717) is 0 Å². The maximum Gasteiger partial charge on any atom is 0.0878 e. The average molecular weight is 280 g/mol. The summed E-state index contributed by atoms with van der Waals surface area (Å²) in [6.45, 7) is 3.04. The first-order valence-electron chi connectivity index (χ1n) is 7.30. The number of hydrogen-bond acceptors (Lipinski definition) is 3. The topological polar surface area (TPSA) is 55.9 Å². The summed E-state index contributed by atoms with van der Waals surface area (Å²) in [5, 5.41) is 6.84. The molecule has 0 amide bonds. The van der Waals surface area contributed by atoms with Crippen LogP contribution in [-0.2, 0) is 6.54 Å². The van der Waals surface area contributed by atoms with Gasteiger partial charge in [-0.05, 0) is 34.9 Å². The van der Waals surface area contributed by atoms with Crippen molar-refractivity contribution in [2.45, 2.75) is 25.9 Å². The van der Waals surface area contributed by atoms with Crippen molar-refractivity contribution in [2.75, 3.05) is 0 Å². The van der Waals surface area contributed by atoms with Crippen molar-refractivity contribution in [2.24, 2.45) is 5.84 Å². The highest BCUT2D eigenvalue weighted by molar-refractivity contribution is 5.83. The van der Waals surface area contributed by atoms with Crippen LogP contribution in [0, 0.1) is 0 Å². The molecule has 0 aliphatic carbocycles. The second kappa shape index (κ2) is 6.08. The highest BCUT2D eigenvalue weighted by Crippen LogP contribution is 2.25. The van der Waals surface area contributed by atoms with Crippen LogP contribution in [0.25, 0.3) is 10.8 Å². The van der Waals surface area contributed by atoms with Gasteiger partial charge in [0.2, 0.25) is 0 Å². The molecule has 0 saturated heterocycles. The molecule has 0 bridgehead atoms. The minimum absolute atomic E-state index is 0.0522. The fourth-order valence-corrected chi connectivity index (χ4v) is 2.73. The molecule has 4 heteroatoms. The van der Waals surface area contributed by atoms with Gasteiger partial charge < -0.3 is 0 Å². The molecule has 1 atom stereocenters. The van der Waals surface area contributed by atoms with Crippen molar-refractivity contribution >= 4 is 10.8 Å². The third kappa shape index (κ3) is 2.68. The number of nitrogens with one attached hydrogen (secondary N) is 1. The van der Waals surface area contributed by atoms with Gasteiger partial charge in [0.25, 0.3) is 0 Å². The number of benzene rings is 2. The first-order chi connectivity index (χ1) is 10.3. The van der Waals surface area contributed by atoms with Crippen LogP contribution in [0.15, 0.2) is 54.7 Å². The zero-order valence-electron chi connectivity index (χ0n) is 12.2. The predicted octanol–water partition coefficient (Wildman–Crippen LogP) is 3.00. The number of nitrogens with two attached hydrogens (primary N) is 1. The Kier molecular flexibility index (Phi) is 3.99. The molecule has 1 unspecified atom stereocenters. The molecule has 0 fully saturated rings. The van der Waals surface area contributed by atoms with Gasteiger partial charge in [-0.2, -0.15) is 5.10 Å². The lowest BCUT2D eigenvalue weighted by molar-refractivity contribution is 0.521. The van der Waals surface area contributed by atoms with E-state index in [1.807, 2.05) is 16.9 Å². The molecule has 2 aromatic carbocycles. The van der Waals surface area contributed by atoms with E-state index in [2.05, 4.69) is 59.9 Å². The molecule has 3 N–H and O–H groups in total. The lowest BCUT2D eigenvalue weighted by Gasteiger charge is -2.18. The van der Waals surface area contributed by atoms with Crippen molar-refractivity contribution in [3.8, 4) is 0 Å². The van der Waals surface area contributed by atoms with E-state index in [9.17, 15) is 0 Å². The Balaban J connectivity index is 2.03. The van der Waals surface area contributed by atoms with E-state index in [1.54, 1.807) is 0 Å². The summed E-state index contributed by atoms with van der Waals surface area (Å²) in [7, 11) is 0. The SMILES string of the molecule is CCCn1nccc1C(NN)c1ccc2ccccc2c1. The Labute approximate surface area is 124 Å². The normalized spacial score (nSPS) is 12.7. The number of nitrogens with zero attached hydrogens (tertiary/aromatic N) is 2. The van der Waals surface area contributed by atoms with Gasteiger partial charge in [-0.25, -0.2) is 5.43 Å². The highest BCUT2D eigenvalue weighted by Gasteiger charge is 2.17. The number of hydrogen-bond donors (Lipinski definition) is 2. The van der Waals surface area contributed by atoms with Crippen LogP contribution >= 0.6 is 0 Å². The lowest BCUT2D eigenvalue weighted by atomic mass is 10.00. The smallest absolute Gasteiger partial charge is 0.0878 e. The number of rotatable bonds is 5. The fraction of sp³-hybridized carbons (Fsp3) is 0.235. The molecular weight excluding hydrogens is 260 g/mol. The molecule has 21 heavy (non-hydrogen) atoms. The van der Waals surface area contributed by atoms with Crippen LogP contribution in [0.1, 0.15) is 30.6 Å². The van der Waals surface area contributed by atoms with Crippen molar-refractivity contribution in [1.82, 2.24) is 15.2 Å². The third-order valence-corrected chi connectivity index (χ3v) is 3.75. The summed E-state index contributed by atoms with van der Waals surface area (Å²) < 4.78 is 2.01. The van der Waals surface area contributed by atoms with Gasteiger partial charge in [-0.1, -0.05) is 43.3 Å². The summed E-state index contributed by atoms with van der Waals surface area (Å²) in [6.07, 6.45) is 2.88. The minimum Gasteiger partial charge on any atom is -0.271 e. The Morgan fingerprint density at radius 3 is 2.71 bits per heavy atom. The summed E-state index contributed by atoms with van der Waals surface area (Å²) in [6, 6.07) is 16.8. The van der Waals surface area contributed by atoms with E-state index in [4.69, 9.17) is 5.84 Å². The molecule has 3 aromatic rings. The summed E-state index contributed by atoms with van der Waals surface area (Å²) >= 11 is 0. The molecular formula is C17H20N4. The number of aryl methyl sites for hydroxylation is 1. The van der Waals surface area contributed by atoms with E-state index < -0.39 is 0 Å². The van der Waals surface area contributed by atoms with E-state index >= 15 is 0 Å². The van der Waals surface area contributed by atoms with E-state index in [-0.39, 0.29) is 6.04 Å². The molecule has 0 aliphatic heterocycles. The van der Waals surface area contributed by atoms with Gasteiger partial charge >= 0.3 is 0 Å². The van der Waals surface area contributed by atoms with Crippen LogP contribution in [0.5, 0.6) is 0 Å². The summed E-state index contributed by atoms with van der Waals surface area (Å²) in [5.74, 6) is 5.81. The fourth-order valence-electron chi connectivity index (χ4n) is 2.73. The zero-order valence-corrected chi connectivity index (χ0v) is 12.2. The van der Waals surface area contributed by atoms with Crippen molar-refractivity contribution in [3.63, 3.8) is 0 Å². The summed E-state index contributed by atoms with van der Waals surface area (Å²) in [5.41, 5.74) is 5.16. The van der Waals surface area contributed by atoms with Crippen molar-refractivity contribution < 1.29 is 0 Å². The van der Waals surface area contributed by atoms with Crippen LogP contribution in [-0.4, -0.2) is 9.78 Å². The quantitative estimate of drug-likeness (QED) is 0.558. The van der Waals surface area contributed by atoms with Crippen LogP contribution < -0.4 is 11.3 Å². The first-order valence-corrected chi connectivity index (χ1v) is 7.30. The maximum atomic E-state index is 5.81. The molecule has 108 valence electrons. The molecule has 0 radical (unpaired) electrons. The summed E-state index contributed by atoms with van der Waals surface area (Å²) in [4.78, 5) is 0. The van der Waals surface area contributed by atoms with Crippen LogP contribution in [0.2, 0.25) is 0 Å². The third-order valence-electron chi connectivity index (χ3n) is 3.75. The van der Waals surface area contributed by atoms with Crippen molar-refractivity contribution in [3.05, 3.63) is 66.0 Å². The zero-order chi connectivity index (χ0) is 14.7. The highest BCUT2D eigenvalue weighted by atomic mass is 15.3. The maximum absolute atomic E-state index is 5.81. The number of aromatic nitrogens is 2. The predicted molar refractivity (Wildman–Crippen MR) is 85.6 cm³/mol. The Bertz CT molecular complexity index is 732. The molecule has 1 heterocycles. The largest absolute Gasteiger partial charge is 0.271 e. The van der Waals surface area contributed by atoms with Crippen LogP contribution in [0.3, 0.4) is 0 Å². The van der Waals surface area contributed by atoms with Gasteiger partial charge in [0.15, 0.2) is 0 Å². The number of fused-ring (bicyclic) bond motifs is 1. The Morgan fingerprint density at radius 2 is 1.95 bits per heavy atom. The second-order valence-electron chi connectivity index (χ2n) is 5.19. The number of hydrazine groups is 1. The second-order valence-corrected chi connectivity index (χ2v) is 5.19. The van der Waals surface area contributed by atoms with Gasteiger partial charge in [0.05, 0.1) is 11.7 Å².